The van der Waals surface area contributed by atoms with E-state index in [1.165, 1.54) is 12.1 Å². The lowest BCUT2D eigenvalue weighted by molar-refractivity contribution is 0.627. The van der Waals surface area contributed by atoms with Gasteiger partial charge in [0.1, 0.15) is 11.6 Å². The molecule has 0 unspecified atom stereocenters. The lowest BCUT2D eigenvalue weighted by atomic mass is 10.1. The highest BCUT2D eigenvalue weighted by molar-refractivity contribution is 6.30. The van der Waals surface area contributed by atoms with E-state index in [1.54, 1.807) is 0 Å². The first-order valence-corrected chi connectivity index (χ1v) is 9.21. The monoisotopic (exact) mass is 376 g/mol. The Hall–Kier alpha value is -2.91. The fourth-order valence-corrected chi connectivity index (χ4v) is 3.21. The summed E-state index contributed by atoms with van der Waals surface area (Å²) >= 11 is 6.04. The third kappa shape index (κ3) is 4.09. The third-order valence-corrected chi connectivity index (χ3v) is 4.75. The van der Waals surface area contributed by atoms with Crippen LogP contribution < -0.4 is 0 Å². The van der Waals surface area contributed by atoms with Crippen molar-refractivity contribution in [3.8, 4) is 22.5 Å². The second-order valence-corrected chi connectivity index (χ2v) is 6.84. The zero-order valence-corrected chi connectivity index (χ0v) is 15.4. The Bertz CT molecular complexity index is 1020. The summed E-state index contributed by atoms with van der Waals surface area (Å²) in [5.41, 5.74) is 5.09. The van der Waals surface area contributed by atoms with Crippen molar-refractivity contribution < 1.29 is 4.39 Å². The summed E-state index contributed by atoms with van der Waals surface area (Å²) in [4.78, 5) is 8.32. The van der Waals surface area contributed by atoms with Crippen molar-refractivity contribution in [1.29, 1.82) is 0 Å². The first kappa shape index (κ1) is 17.5. The number of halogens is 2. The normalized spacial score (nSPS) is 10.9. The van der Waals surface area contributed by atoms with Crippen molar-refractivity contribution >= 4 is 11.6 Å². The Morgan fingerprint density at radius 2 is 1.48 bits per heavy atom. The van der Waals surface area contributed by atoms with Gasteiger partial charge in [0.15, 0.2) is 0 Å². The Balaban J connectivity index is 1.67. The van der Waals surface area contributed by atoms with Gasteiger partial charge in [0.25, 0.3) is 0 Å². The van der Waals surface area contributed by atoms with Gasteiger partial charge < -0.3 is 4.98 Å². The molecule has 0 bridgehead atoms. The molecular weight excluding hydrogens is 359 g/mol. The maximum Gasteiger partial charge on any atom is 0.123 e. The molecule has 4 rings (SSSR count). The van der Waals surface area contributed by atoms with Crippen LogP contribution in [-0.2, 0) is 12.8 Å². The van der Waals surface area contributed by atoms with Gasteiger partial charge >= 0.3 is 0 Å². The number of H-pyrrole nitrogens is 1. The van der Waals surface area contributed by atoms with E-state index >= 15 is 0 Å². The summed E-state index contributed by atoms with van der Waals surface area (Å²) in [6.07, 6.45) is 1.54. The summed E-state index contributed by atoms with van der Waals surface area (Å²) in [6.45, 7) is 0. The summed E-state index contributed by atoms with van der Waals surface area (Å²) in [7, 11) is 0. The molecule has 2 nitrogen and oxygen atoms in total. The molecule has 1 aromatic heterocycles. The summed E-state index contributed by atoms with van der Waals surface area (Å²) < 4.78 is 13.1. The van der Waals surface area contributed by atoms with Crippen molar-refractivity contribution in [2.45, 2.75) is 12.8 Å². The maximum atomic E-state index is 13.1. The first-order chi connectivity index (χ1) is 13.2. The van der Waals surface area contributed by atoms with Gasteiger partial charge in [-0.3, -0.25) is 0 Å². The van der Waals surface area contributed by atoms with Gasteiger partial charge in [-0.2, -0.15) is 0 Å². The van der Waals surface area contributed by atoms with Crippen LogP contribution in [0.3, 0.4) is 0 Å². The van der Waals surface area contributed by atoms with Gasteiger partial charge in [-0.25, -0.2) is 9.37 Å². The molecule has 1 heterocycles. The van der Waals surface area contributed by atoms with Crippen LogP contribution in [0, 0.1) is 5.82 Å². The molecule has 134 valence electrons. The van der Waals surface area contributed by atoms with E-state index in [1.807, 2.05) is 54.6 Å². The number of aromatic amines is 1. The van der Waals surface area contributed by atoms with E-state index < -0.39 is 0 Å². The van der Waals surface area contributed by atoms with Gasteiger partial charge in [0.05, 0.1) is 11.4 Å². The van der Waals surface area contributed by atoms with Crippen molar-refractivity contribution in [2.24, 2.45) is 0 Å². The summed E-state index contributed by atoms with van der Waals surface area (Å²) in [6, 6.07) is 24.5. The molecule has 0 atom stereocenters. The van der Waals surface area contributed by atoms with Crippen LogP contribution in [0.5, 0.6) is 0 Å². The minimum Gasteiger partial charge on any atom is -0.341 e. The van der Waals surface area contributed by atoms with Crippen LogP contribution >= 0.6 is 11.6 Å². The maximum absolute atomic E-state index is 13.1. The summed E-state index contributed by atoms with van der Waals surface area (Å²) in [5, 5.41) is 0.705. The van der Waals surface area contributed by atoms with Crippen molar-refractivity contribution in [2.75, 3.05) is 0 Å². The second kappa shape index (κ2) is 7.77. The molecule has 0 amide bonds. The quantitative estimate of drug-likeness (QED) is 0.433. The highest BCUT2D eigenvalue weighted by atomic mass is 35.5. The van der Waals surface area contributed by atoms with Crippen molar-refractivity contribution in [3.05, 3.63) is 101 Å². The number of aromatic nitrogens is 2. The Labute approximate surface area is 162 Å². The van der Waals surface area contributed by atoms with E-state index in [-0.39, 0.29) is 5.82 Å². The average molecular weight is 377 g/mol. The number of aryl methyl sites for hydroxylation is 2. The Kier molecular flexibility index (Phi) is 5.03. The smallest absolute Gasteiger partial charge is 0.123 e. The Morgan fingerprint density at radius 1 is 0.778 bits per heavy atom. The zero-order valence-electron chi connectivity index (χ0n) is 14.6. The first-order valence-electron chi connectivity index (χ1n) is 8.84. The molecule has 0 fully saturated rings. The minimum absolute atomic E-state index is 0.215. The molecular formula is C23H18ClFN2. The van der Waals surface area contributed by atoms with Crippen LogP contribution in [0.4, 0.5) is 4.39 Å². The number of nitrogens with zero attached hydrogens (tertiary/aromatic N) is 1. The van der Waals surface area contributed by atoms with Crippen LogP contribution in [0.2, 0.25) is 5.02 Å². The van der Waals surface area contributed by atoms with Gasteiger partial charge in [-0.1, -0.05) is 66.2 Å². The highest BCUT2D eigenvalue weighted by Crippen LogP contribution is 2.31. The van der Waals surface area contributed by atoms with E-state index in [4.69, 9.17) is 16.6 Å². The van der Waals surface area contributed by atoms with E-state index in [0.29, 0.717) is 5.02 Å². The molecule has 1 N–H and O–H groups in total. The molecule has 27 heavy (non-hydrogen) atoms. The number of hydrogen-bond acceptors (Lipinski definition) is 1. The average Bonchev–Trinajstić information content (AvgIpc) is 3.13. The van der Waals surface area contributed by atoms with Gasteiger partial charge in [0.2, 0.25) is 0 Å². The third-order valence-electron chi connectivity index (χ3n) is 4.50. The Morgan fingerprint density at radius 3 is 2.19 bits per heavy atom. The predicted octanol–water partition coefficient (Wildman–Crippen LogP) is 6.32. The molecule has 0 saturated heterocycles. The van der Waals surface area contributed by atoms with Crippen LogP contribution in [-0.4, -0.2) is 9.97 Å². The van der Waals surface area contributed by atoms with E-state index in [9.17, 15) is 4.39 Å². The predicted molar refractivity (Wildman–Crippen MR) is 108 cm³/mol. The standard InChI is InChI=1S/C23H18ClFN2/c24-19-11-9-18(10-12-19)23-22(17-4-2-1-3-5-17)26-21(27-23)15-8-16-6-13-20(25)14-7-16/h1-7,9-14H,8,15H2,(H,26,27). The molecule has 4 aromatic rings. The van der Waals surface area contributed by atoms with Crippen molar-refractivity contribution in [1.82, 2.24) is 9.97 Å². The molecule has 0 aliphatic rings. The van der Waals surface area contributed by atoms with Crippen LogP contribution in [0.1, 0.15) is 11.4 Å². The van der Waals surface area contributed by atoms with Crippen LogP contribution in [0.15, 0.2) is 78.9 Å². The zero-order chi connectivity index (χ0) is 18.6. The second-order valence-electron chi connectivity index (χ2n) is 6.41. The molecule has 0 aliphatic carbocycles. The molecule has 0 radical (unpaired) electrons. The molecule has 0 spiro atoms. The molecule has 4 heteroatoms. The minimum atomic E-state index is -0.215. The fraction of sp³-hybridized carbons (Fsp3) is 0.0870. The molecule has 0 aliphatic heterocycles. The number of imidazole rings is 1. The number of hydrogen-bond donors (Lipinski definition) is 1. The topological polar surface area (TPSA) is 28.7 Å². The number of nitrogens with one attached hydrogen (secondary N) is 1. The lowest BCUT2D eigenvalue weighted by Gasteiger charge is -2.03. The number of rotatable bonds is 5. The SMILES string of the molecule is Fc1ccc(CCc2nc(-c3ccccc3)c(-c3ccc(Cl)cc3)[nH]2)cc1. The number of benzene rings is 3. The largest absolute Gasteiger partial charge is 0.341 e. The highest BCUT2D eigenvalue weighted by Gasteiger charge is 2.14. The van der Waals surface area contributed by atoms with E-state index in [0.717, 1.165) is 46.7 Å². The van der Waals surface area contributed by atoms with Crippen LogP contribution in [0.25, 0.3) is 22.5 Å². The molecule has 3 aromatic carbocycles. The van der Waals surface area contributed by atoms with Gasteiger partial charge in [0, 0.05) is 22.6 Å². The fourth-order valence-electron chi connectivity index (χ4n) is 3.08. The lowest BCUT2D eigenvalue weighted by Crippen LogP contribution is -1.94. The van der Waals surface area contributed by atoms with Crippen molar-refractivity contribution in [3.63, 3.8) is 0 Å². The van der Waals surface area contributed by atoms with E-state index in [2.05, 4.69) is 17.1 Å². The van der Waals surface area contributed by atoms with Gasteiger partial charge in [-0.15, -0.1) is 0 Å². The van der Waals surface area contributed by atoms with Gasteiger partial charge in [-0.05, 0) is 36.2 Å². The summed E-state index contributed by atoms with van der Waals surface area (Å²) in [5.74, 6) is 0.691. The molecule has 0 saturated carbocycles.